The number of fused-ring (bicyclic) bond motifs is 1. The number of amides is 2. The van der Waals surface area contributed by atoms with Crippen LogP contribution in [0.25, 0.3) is 0 Å². The summed E-state index contributed by atoms with van der Waals surface area (Å²) >= 11 is 6.12. The summed E-state index contributed by atoms with van der Waals surface area (Å²) in [4.78, 5) is 29.1. The summed E-state index contributed by atoms with van der Waals surface area (Å²) < 4.78 is 34.0. The number of aryl methyl sites for hydroxylation is 1. The van der Waals surface area contributed by atoms with Crippen LogP contribution in [0.2, 0.25) is 5.02 Å². The lowest BCUT2D eigenvalue weighted by Crippen LogP contribution is -2.53. The molecule has 11 heteroatoms. The fraction of sp³-hybridized carbons (Fsp3) is 0.440. The van der Waals surface area contributed by atoms with Crippen LogP contribution < -0.4 is 15.0 Å². The molecule has 2 amide bonds. The van der Waals surface area contributed by atoms with E-state index in [-0.39, 0.29) is 35.8 Å². The second kappa shape index (κ2) is 9.91. The molecule has 2 fully saturated rings. The van der Waals surface area contributed by atoms with Gasteiger partial charge in [0.2, 0.25) is 15.9 Å². The maximum atomic E-state index is 13.6. The van der Waals surface area contributed by atoms with Crippen molar-refractivity contribution in [2.45, 2.75) is 24.7 Å². The fourth-order valence-electron chi connectivity index (χ4n) is 5.11. The van der Waals surface area contributed by atoms with E-state index in [1.165, 1.54) is 10.4 Å². The van der Waals surface area contributed by atoms with Crippen LogP contribution in [0.5, 0.6) is 5.75 Å². The molecule has 5 rings (SSSR count). The van der Waals surface area contributed by atoms with Crippen LogP contribution in [0.3, 0.4) is 0 Å². The number of piperidine rings is 1. The lowest BCUT2D eigenvalue weighted by Gasteiger charge is -2.39. The van der Waals surface area contributed by atoms with E-state index in [2.05, 4.69) is 10.2 Å². The Morgan fingerprint density at radius 3 is 2.64 bits per heavy atom. The molecule has 0 radical (unpaired) electrons. The van der Waals surface area contributed by atoms with Gasteiger partial charge in [-0.2, -0.15) is 4.31 Å². The average molecular weight is 533 g/mol. The molecule has 2 aromatic carbocycles. The van der Waals surface area contributed by atoms with Gasteiger partial charge in [-0.15, -0.1) is 0 Å². The normalized spacial score (nSPS) is 20.9. The van der Waals surface area contributed by atoms with E-state index in [0.29, 0.717) is 67.6 Å². The second-order valence-corrected chi connectivity index (χ2v) is 11.8. The summed E-state index contributed by atoms with van der Waals surface area (Å²) in [5.41, 5.74) is 2.02. The highest BCUT2D eigenvalue weighted by atomic mass is 35.5. The fourth-order valence-corrected chi connectivity index (χ4v) is 7.04. The molecule has 1 N–H and O–H groups in total. The van der Waals surface area contributed by atoms with Crippen LogP contribution in [0, 0.1) is 12.8 Å². The molecule has 0 aromatic heterocycles. The maximum absolute atomic E-state index is 13.6. The third-order valence-corrected chi connectivity index (χ3v) is 9.27. The first-order valence-electron chi connectivity index (χ1n) is 12.1. The molecule has 1 unspecified atom stereocenters. The molecule has 192 valence electrons. The number of sulfonamides is 1. The van der Waals surface area contributed by atoms with Gasteiger partial charge in [-0.25, -0.2) is 8.42 Å². The number of carbonyl (C=O) groups excluding carboxylic acids is 2. The van der Waals surface area contributed by atoms with Crippen LogP contribution >= 0.6 is 11.6 Å². The average Bonchev–Trinajstić information content (AvgIpc) is 2.88. The minimum atomic E-state index is -3.84. The SMILES string of the molecule is Cc1cc2c(cc1S(=O)(=O)N1CCCC(C(=O)N3CCN(c4cccc(Cl)c4)CC3)C1)OCC(=O)N2. The monoisotopic (exact) mass is 532 g/mol. The Bertz CT molecular complexity index is 1290. The standard InChI is InChI=1S/C25H29ClN4O5S/c1-17-12-21-22(35-16-24(31)27-21)14-23(17)36(33,34)30-7-3-4-18(15-30)25(32)29-10-8-28(9-11-29)20-6-2-5-19(26)13-20/h2,5-6,12-14,18H,3-4,7-11,15-16H2,1H3,(H,27,31). The van der Waals surface area contributed by atoms with Crippen molar-refractivity contribution in [3.05, 3.63) is 47.0 Å². The largest absolute Gasteiger partial charge is 0.482 e. The van der Waals surface area contributed by atoms with Crippen LogP contribution in [-0.2, 0) is 19.6 Å². The van der Waals surface area contributed by atoms with Gasteiger partial charge in [0.05, 0.1) is 16.5 Å². The first-order valence-corrected chi connectivity index (χ1v) is 13.9. The first kappa shape index (κ1) is 24.9. The highest BCUT2D eigenvalue weighted by Gasteiger charge is 2.37. The molecule has 3 aliphatic heterocycles. The van der Waals surface area contributed by atoms with E-state index in [0.717, 1.165) is 5.69 Å². The van der Waals surface area contributed by atoms with Gasteiger partial charge < -0.3 is 19.9 Å². The van der Waals surface area contributed by atoms with E-state index >= 15 is 0 Å². The summed E-state index contributed by atoms with van der Waals surface area (Å²) in [6.07, 6.45) is 1.28. The molecule has 0 spiro atoms. The number of benzene rings is 2. The topological polar surface area (TPSA) is 99.3 Å². The molecule has 3 heterocycles. The van der Waals surface area contributed by atoms with Gasteiger partial charge in [0.1, 0.15) is 5.75 Å². The lowest BCUT2D eigenvalue weighted by atomic mass is 9.97. The van der Waals surface area contributed by atoms with E-state index < -0.39 is 10.0 Å². The van der Waals surface area contributed by atoms with Crippen molar-refractivity contribution in [2.75, 3.05) is 56.1 Å². The summed E-state index contributed by atoms with van der Waals surface area (Å²) in [5.74, 6) is -0.308. The number of anilines is 2. The van der Waals surface area contributed by atoms with Gasteiger partial charge in [-0.05, 0) is 49.6 Å². The molecule has 3 aliphatic rings. The quantitative estimate of drug-likeness (QED) is 0.650. The van der Waals surface area contributed by atoms with Gasteiger partial charge in [0, 0.05) is 56.0 Å². The highest BCUT2D eigenvalue weighted by Crippen LogP contribution is 2.35. The predicted molar refractivity (Wildman–Crippen MR) is 137 cm³/mol. The molecule has 36 heavy (non-hydrogen) atoms. The van der Waals surface area contributed by atoms with Crippen LogP contribution in [0.1, 0.15) is 18.4 Å². The van der Waals surface area contributed by atoms with Crippen molar-refractivity contribution >= 4 is 44.8 Å². The molecule has 2 aromatic rings. The number of hydrogen-bond acceptors (Lipinski definition) is 6. The Kier molecular flexibility index (Phi) is 6.84. The van der Waals surface area contributed by atoms with Crippen molar-refractivity contribution in [3.8, 4) is 5.75 Å². The number of ether oxygens (including phenoxy) is 1. The van der Waals surface area contributed by atoms with Crippen molar-refractivity contribution in [2.24, 2.45) is 5.92 Å². The Labute approximate surface area is 216 Å². The number of carbonyl (C=O) groups is 2. The number of halogens is 1. The van der Waals surface area contributed by atoms with E-state index in [1.54, 1.807) is 13.0 Å². The van der Waals surface area contributed by atoms with E-state index in [4.69, 9.17) is 16.3 Å². The summed E-state index contributed by atoms with van der Waals surface area (Å²) in [6.45, 7) is 4.63. The zero-order chi connectivity index (χ0) is 25.4. The highest BCUT2D eigenvalue weighted by molar-refractivity contribution is 7.89. The zero-order valence-electron chi connectivity index (χ0n) is 20.1. The Morgan fingerprint density at radius 2 is 1.89 bits per heavy atom. The van der Waals surface area contributed by atoms with Gasteiger partial charge >= 0.3 is 0 Å². The zero-order valence-corrected chi connectivity index (χ0v) is 21.6. The number of piperazine rings is 1. The minimum Gasteiger partial charge on any atom is -0.482 e. The number of nitrogens with one attached hydrogen (secondary N) is 1. The Balaban J connectivity index is 1.26. The summed E-state index contributed by atoms with van der Waals surface area (Å²) in [6, 6.07) is 10.8. The molecule has 1 atom stereocenters. The van der Waals surface area contributed by atoms with Gasteiger partial charge in [-0.1, -0.05) is 17.7 Å². The van der Waals surface area contributed by atoms with E-state index in [1.807, 2.05) is 29.2 Å². The number of rotatable bonds is 4. The Morgan fingerprint density at radius 1 is 1.11 bits per heavy atom. The van der Waals surface area contributed by atoms with Crippen molar-refractivity contribution in [1.29, 1.82) is 0 Å². The van der Waals surface area contributed by atoms with Crippen molar-refractivity contribution < 1.29 is 22.7 Å². The Hall–Kier alpha value is -2.82. The van der Waals surface area contributed by atoms with Gasteiger partial charge in [-0.3, -0.25) is 9.59 Å². The molecule has 0 bridgehead atoms. The lowest BCUT2D eigenvalue weighted by molar-refractivity contribution is -0.137. The van der Waals surface area contributed by atoms with Gasteiger partial charge in [0.15, 0.2) is 6.61 Å². The third kappa shape index (κ3) is 4.89. The minimum absolute atomic E-state index is 0.00820. The van der Waals surface area contributed by atoms with Crippen LogP contribution in [-0.4, -0.2) is 75.3 Å². The first-order chi connectivity index (χ1) is 17.2. The van der Waals surface area contributed by atoms with Crippen molar-refractivity contribution in [1.82, 2.24) is 9.21 Å². The maximum Gasteiger partial charge on any atom is 0.262 e. The van der Waals surface area contributed by atoms with Crippen molar-refractivity contribution in [3.63, 3.8) is 0 Å². The summed E-state index contributed by atoms with van der Waals surface area (Å²) in [7, 11) is -3.84. The predicted octanol–water partition coefficient (Wildman–Crippen LogP) is 2.73. The number of hydrogen-bond donors (Lipinski definition) is 1. The smallest absolute Gasteiger partial charge is 0.262 e. The van der Waals surface area contributed by atoms with Crippen LogP contribution in [0.4, 0.5) is 11.4 Å². The van der Waals surface area contributed by atoms with E-state index in [9.17, 15) is 18.0 Å². The molecular weight excluding hydrogens is 504 g/mol. The molecule has 2 saturated heterocycles. The van der Waals surface area contributed by atoms with Gasteiger partial charge in [0.25, 0.3) is 5.91 Å². The molecule has 9 nitrogen and oxygen atoms in total. The second-order valence-electron chi connectivity index (χ2n) is 9.45. The molecule has 0 aliphatic carbocycles. The summed E-state index contributed by atoms with van der Waals surface area (Å²) in [5, 5.41) is 3.38. The van der Waals surface area contributed by atoms with Crippen LogP contribution in [0.15, 0.2) is 41.3 Å². The number of nitrogens with zero attached hydrogens (tertiary/aromatic N) is 3. The third-order valence-electron chi connectivity index (χ3n) is 7.03. The molecular formula is C25H29ClN4O5S. The molecule has 0 saturated carbocycles.